The van der Waals surface area contributed by atoms with Crippen molar-refractivity contribution in [3.8, 4) is 0 Å². The molecule has 2 nitrogen and oxygen atoms in total. The second-order valence-electron chi connectivity index (χ2n) is 6.52. The zero-order valence-electron chi connectivity index (χ0n) is 12.4. The fourth-order valence-corrected chi connectivity index (χ4v) is 3.99. The largest absolute Gasteiger partial charge is 0.300 e. The molecular formula is C18H25NO. The van der Waals surface area contributed by atoms with Gasteiger partial charge in [0.2, 0.25) is 0 Å². The first-order chi connectivity index (χ1) is 9.74. The Labute approximate surface area is 122 Å². The number of piperidine rings is 1. The Hall–Kier alpha value is -1.15. The van der Waals surface area contributed by atoms with Gasteiger partial charge in [0.15, 0.2) is 0 Å². The third-order valence-electron chi connectivity index (χ3n) is 5.29. The Balaban J connectivity index is 1.46. The van der Waals surface area contributed by atoms with E-state index in [-0.39, 0.29) is 0 Å². The molecule has 0 N–H and O–H groups in total. The molecule has 2 aliphatic rings. The molecule has 20 heavy (non-hydrogen) atoms. The molecule has 0 amide bonds. The fourth-order valence-electron chi connectivity index (χ4n) is 3.99. The van der Waals surface area contributed by atoms with E-state index in [1.54, 1.807) is 0 Å². The molecule has 2 heterocycles. The van der Waals surface area contributed by atoms with Crippen LogP contribution in [0.15, 0.2) is 30.3 Å². The third-order valence-corrected chi connectivity index (χ3v) is 5.29. The highest BCUT2D eigenvalue weighted by atomic mass is 16.1. The van der Waals surface area contributed by atoms with Crippen LogP contribution >= 0.6 is 0 Å². The highest BCUT2D eigenvalue weighted by molar-refractivity contribution is 5.81. The van der Waals surface area contributed by atoms with Crippen molar-refractivity contribution in [1.82, 2.24) is 4.90 Å². The number of ketones is 1. The molecule has 2 bridgehead atoms. The zero-order valence-corrected chi connectivity index (χ0v) is 12.4. The summed E-state index contributed by atoms with van der Waals surface area (Å²) in [5, 5.41) is 0. The molecule has 0 radical (unpaired) electrons. The number of hydrogen-bond donors (Lipinski definition) is 0. The molecule has 2 heteroatoms. The van der Waals surface area contributed by atoms with E-state index in [0.717, 1.165) is 32.1 Å². The van der Waals surface area contributed by atoms with Gasteiger partial charge in [-0.1, -0.05) is 30.3 Å². The number of rotatable bonds is 5. The van der Waals surface area contributed by atoms with Crippen molar-refractivity contribution in [2.45, 2.75) is 57.0 Å². The van der Waals surface area contributed by atoms with E-state index in [4.69, 9.17) is 0 Å². The molecule has 2 unspecified atom stereocenters. The van der Waals surface area contributed by atoms with Crippen LogP contribution in [0.25, 0.3) is 0 Å². The van der Waals surface area contributed by atoms with Crippen LogP contribution in [0, 0.1) is 5.92 Å². The van der Waals surface area contributed by atoms with Gasteiger partial charge in [-0.3, -0.25) is 4.79 Å². The smallest absolute Gasteiger partial charge is 0.136 e. The van der Waals surface area contributed by atoms with Crippen molar-refractivity contribution >= 4 is 5.78 Å². The summed E-state index contributed by atoms with van der Waals surface area (Å²) >= 11 is 0. The molecule has 2 atom stereocenters. The average Bonchev–Trinajstić information content (AvgIpc) is 2.69. The van der Waals surface area contributed by atoms with Gasteiger partial charge in [-0.25, -0.2) is 0 Å². The van der Waals surface area contributed by atoms with Crippen LogP contribution in [0.2, 0.25) is 0 Å². The van der Waals surface area contributed by atoms with Crippen LogP contribution in [0.5, 0.6) is 0 Å². The van der Waals surface area contributed by atoms with Crippen LogP contribution in [0.4, 0.5) is 0 Å². The number of Topliss-reactive ketones (excluding diaryl/α,β-unsaturated/α-hetero) is 1. The van der Waals surface area contributed by atoms with E-state index in [2.05, 4.69) is 36.2 Å². The number of nitrogens with zero attached hydrogens (tertiary/aromatic N) is 1. The minimum absolute atomic E-state index is 0.347. The maximum Gasteiger partial charge on any atom is 0.136 e. The Kier molecular flexibility index (Phi) is 4.21. The summed E-state index contributed by atoms with van der Waals surface area (Å²) in [5.74, 6) is 0.866. The Morgan fingerprint density at radius 2 is 1.80 bits per heavy atom. The second kappa shape index (κ2) is 6.09. The number of hydrogen-bond acceptors (Lipinski definition) is 2. The second-order valence-corrected chi connectivity index (χ2v) is 6.52. The lowest BCUT2D eigenvalue weighted by Gasteiger charge is -2.35. The molecule has 108 valence electrons. The van der Waals surface area contributed by atoms with Gasteiger partial charge in [0, 0.05) is 24.4 Å². The lowest BCUT2D eigenvalue weighted by atomic mass is 9.85. The van der Waals surface area contributed by atoms with Gasteiger partial charge in [-0.2, -0.15) is 0 Å². The van der Waals surface area contributed by atoms with E-state index in [1.807, 2.05) is 6.07 Å². The lowest BCUT2D eigenvalue weighted by molar-refractivity contribution is -0.125. The van der Waals surface area contributed by atoms with Gasteiger partial charge in [0.05, 0.1) is 0 Å². The van der Waals surface area contributed by atoms with Gasteiger partial charge in [0.25, 0.3) is 0 Å². The number of carbonyl (C=O) groups is 1. The van der Waals surface area contributed by atoms with Crippen molar-refractivity contribution < 1.29 is 4.79 Å². The molecule has 1 aromatic carbocycles. The molecule has 2 aliphatic heterocycles. The summed E-state index contributed by atoms with van der Waals surface area (Å²) in [5.41, 5.74) is 1.35. The van der Waals surface area contributed by atoms with Crippen molar-refractivity contribution in [1.29, 1.82) is 0 Å². The number of carbonyl (C=O) groups excluding carboxylic acids is 1. The quantitative estimate of drug-likeness (QED) is 0.817. The summed E-state index contributed by atoms with van der Waals surface area (Å²) in [6.07, 6.45) is 7.62. The summed E-state index contributed by atoms with van der Waals surface area (Å²) in [6.45, 7) is 0. The van der Waals surface area contributed by atoms with E-state index >= 15 is 0 Å². The topological polar surface area (TPSA) is 20.3 Å². The predicted octanol–water partition coefficient (Wildman–Crippen LogP) is 3.45. The average molecular weight is 271 g/mol. The Morgan fingerprint density at radius 3 is 2.45 bits per heavy atom. The van der Waals surface area contributed by atoms with Crippen LogP contribution in [-0.2, 0) is 11.2 Å². The van der Waals surface area contributed by atoms with E-state index in [9.17, 15) is 4.79 Å². The molecule has 0 aromatic heterocycles. The zero-order chi connectivity index (χ0) is 13.9. The first-order valence-corrected chi connectivity index (χ1v) is 8.02. The predicted molar refractivity (Wildman–Crippen MR) is 81.7 cm³/mol. The molecule has 3 rings (SSSR count). The Bertz CT molecular complexity index is 442. The maximum atomic E-state index is 12.4. The van der Waals surface area contributed by atoms with Crippen LogP contribution in [0.1, 0.15) is 44.1 Å². The standard InChI is InChI=1S/C18H25NO/c1-19-16-10-11-17(19)13-15(12-16)18(20)9-5-8-14-6-3-2-4-7-14/h2-4,6-7,15-17H,5,8-13H2,1H3. The number of fused-ring (bicyclic) bond motifs is 2. The van der Waals surface area contributed by atoms with E-state index < -0.39 is 0 Å². The van der Waals surface area contributed by atoms with Gasteiger partial charge < -0.3 is 4.90 Å². The molecule has 0 saturated carbocycles. The monoisotopic (exact) mass is 271 g/mol. The summed E-state index contributed by atoms with van der Waals surface area (Å²) < 4.78 is 0. The third kappa shape index (κ3) is 2.95. The SMILES string of the molecule is CN1C2CCC1CC(C(=O)CCCc1ccccc1)C2. The maximum absolute atomic E-state index is 12.4. The lowest BCUT2D eigenvalue weighted by Crippen LogP contribution is -2.42. The molecule has 2 saturated heterocycles. The fraction of sp³-hybridized carbons (Fsp3) is 0.611. The van der Waals surface area contributed by atoms with Gasteiger partial charge in [-0.15, -0.1) is 0 Å². The number of benzene rings is 1. The highest BCUT2D eigenvalue weighted by Gasteiger charge is 2.40. The molecule has 0 aliphatic carbocycles. The van der Waals surface area contributed by atoms with Crippen molar-refractivity contribution in [3.05, 3.63) is 35.9 Å². The Morgan fingerprint density at radius 1 is 1.15 bits per heavy atom. The number of aryl methyl sites for hydroxylation is 1. The first-order valence-electron chi connectivity index (χ1n) is 8.02. The molecule has 1 aromatic rings. The molecular weight excluding hydrogens is 246 g/mol. The van der Waals surface area contributed by atoms with E-state index in [1.165, 1.54) is 18.4 Å². The summed E-state index contributed by atoms with van der Waals surface area (Å²) in [7, 11) is 2.23. The van der Waals surface area contributed by atoms with Crippen LogP contribution < -0.4 is 0 Å². The minimum Gasteiger partial charge on any atom is -0.300 e. The van der Waals surface area contributed by atoms with Gasteiger partial charge in [0.1, 0.15) is 5.78 Å². The summed E-state index contributed by atoms with van der Waals surface area (Å²) in [6, 6.07) is 11.9. The molecule has 0 spiro atoms. The normalized spacial score (nSPS) is 29.6. The minimum atomic E-state index is 0.347. The van der Waals surface area contributed by atoms with Crippen LogP contribution in [0.3, 0.4) is 0 Å². The first kappa shape index (κ1) is 13.8. The van der Waals surface area contributed by atoms with Gasteiger partial charge in [-0.05, 0) is 51.1 Å². The summed E-state index contributed by atoms with van der Waals surface area (Å²) in [4.78, 5) is 14.9. The van der Waals surface area contributed by atoms with Crippen molar-refractivity contribution in [3.63, 3.8) is 0 Å². The van der Waals surface area contributed by atoms with Crippen molar-refractivity contribution in [2.24, 2.45) is 5.92 Å². The van der Waals surface area contributed by atoms with Crippen LogP contribution in [-0.4, -0.2) is 29.8 Å². The van der Waals surface area contributed by atoms with Crippen molar-refractivity contribution in [2.75, 3.05) is 7.05 Å². The van der Waals surface area contributed by atoms with Gasteiger partial charge >= 0.3 is 0 Å². The van der Waals surface area contributed by atoms with E-state index in [0.29, 0.717) is 23.8 Å². The highest BCUT2D eigenvalue weighted by Crippen LogP contribution is 2.38. The molecule has 2 fully saturated rings.